The second-order valence-corrected chi connectivity index (χ2v) is 8.29. The summed E-state index contributed by atoms with van der Waals surface area (Å²) in [5, 5.41) is 2.44. The molecule has 174 valence electrons. The lowest BCUT2D eigenvalue weighted by atomic mass is 9.74. The van der Waals surface area contributed by atoms with Gasteiger partial charge in [-0.2, -0.15) is 0 Å². The summed E-state index contributed by atoms with van der Waals surface area (Å²) >= 11 is 0. The largest absolute Gasteiger partial charge is 0.497 e. The third-order valence-corrected chi connectivity index (χ3v) is 6.23. The Morgan fingerprint density at radius 3 is 1.82 bits per heavy atom. The Labute approximate surface area is 198 Å². The van der Waals surface area contributed by atoms with Gasteiger partial charge in [0.1, 0.15) is 11.2 Å². The predicted molar refractivity (Wildman–Crippen MR) is 125 cm³/mol. The number of urea groups is 1. The first-order valence-electron chi connectivity index (χ1n) is 11.1. The highest BCUT2D eigenvalue weighted by Gasteiger charge is 2.52. The fourth-order valence-electron chi connectivity index (χ4n) is 4.17. The number of benzene rings is 1. The molecule has 0 unspecified atom stereocenters. The molecule has 0 spiro atoms. The van der Waals surface area contributed by atoms with E-state index in [0.717, 1.165) is 21.6 Å². The molecule has 0 aliphatic carbocycles. The number of aromatic nitrogens is 2. The fraction of sp³-hybridized carbons (Fsp3) is 0.269. The van der Waals surface area contributed by atoms with Gasteiger partial charge in [-0.3, -0.25) is 29.8 Å². The van der Waals surface area contributed by atoms with Crippen LogP contribution in [0.5, 0.6) is 5.75 Å². The third-order valence-electron chi connectivity index (χ3n) is 6.23. The Hall–Kier alpha value is -4.07. The molecule has 2 aromatic heterocycles. The van der Waals surface area contributed by atoms with Gasteiger partial charge in [0.2, 0.25) is 11.8 Å². The van der Waals surface area contributed by atoms with Gasteiger partial charge in [-0.15, -0.1) is 0 Å². The van der Waals surface area contributed by atoms with E-state index in [-0.39, 0.29) is 19.4 Å². The zero-order valence-corrected chi connectivity index (χ0v) is 18.9. The quantitative estimate of drug-likeness (QED) is 0.494. The van der Waals surface area contributed by atoms with Gasteiger partial charge in [-0.25, -0.2) is 4.79 Å². The van der Waals surface area contributed by atoms with Crippen molar-refractivity contribution in [3.8, 4) is 5.75 Å². The van der Waals surface area contributed by atoms with Crippen molar-refractivity contribution in [3.05, 3.63) is 90.0 Å². The lowest BCUT2D eigenvalue weighted by molar-refractivity contribution is -0.153. The zero-order valence-electron chi connectivity index (χ0n) is 18.9. The summed E-state index contributed by atoms with van der Waals surface area (Å²) < 4.78 is 5.18. The van der Waals surface area contributed by atoms with Gasteiger partial charge in [-0.1, -0.05) is 12.1 Å². The molecule has 34 heavy (non-hydrogen) atoms. The molecule has 1 aliphatic rings. The van der Waals surface area contributed by atoms with E-state index in [1.165, 1.54) is 0 Å². The summed E-state index contributed by atoms with van der Waals surface area (Å²) in [6.07, 6.45) is 8.29. The topological polar surface area (TPSA) is 101 Å². The number of pyridine rings is 2. The second kappa shape index (κ2) is 10.2. The molecular formula is C26H26N4O4. The molecule has 1 aliphatic heterocycles. The molecule has 0 bridgehead atoms. The van der Waals surface area contributed by atoms with Gasteiger partial charge >= 0.3 is 6.03 Å². The second-order valence-electron chi connectivity index (χ2n) is 8.29. The van der Waals surface area contributed by atoms with E-state index in [4.69, 9.17) is 4.74 Å². The van der Waals surface area contributed by atoms with E-state index in [9.17, 15) is 14.4 Å². The summed E-state index contributed by atoms with van der Waals surface area (Å²) in [5.74, 6) is -0.339. The first kappa shape index (κ1) is 23.1. The number of hydrogen-bond acceptors (Lipinski definition) is 6. The molecule has 1 fully saturated rings. The Morgan fingerprint density at radius 2 is 1.32 bits per heavy atom. The van der Waals surface area contributed by atoms with E-state index >= 15 is 0 Å². The normalized spacial score (nSPS) is 15.2. The minimum Gasteiger partial charge on any atom is -0.497 e. The average Bonchev–Trinajstić information content (AvgIpc) is 2.88. The molecule has 1 aromatic carbocycles. The van der Waals surface area contributed by atoms with Gasteiger partial charge < -0.3 is 4.74 Å². The average molecular weight is 459 g/mol. The van der Waals surface area contributed by atoms with Crippen LogP contribution in [0.4, 0.5) is 4.79 Å². The smallest absolute Gasteiger partial charge is 0.331 e. The van der Waals surface area contributed by atoms with Crippen molar-refractivity contribution >= 4 is 17.8 Å². The van der Waals surface area contributed by atoms with Gasteiger partial charge in [0.05, 0.1) is 13.7 Å². The number of barbiturate groups is 1. The molecule has 0 atom stereocenters. The Balaban J connectivity index is 1.62. The van der Waals surface area contributed by atoms with Crippen LogP contribution in [-0.4, -0.2) is 39.8 Å². The van der Waals surface area contributed by atoms with Crippen molar-refractivity contribution in [2.24, 2.45) is 5.41 Å². The summed E-state index contributed by atoms with van der Waals surface area (Å²) in [7, 11) is 1.57. The number of imide groups is 2. The van der Waals surface area contributed by atoms with Crippen molar-refractivity contribution < 1.29 is 19.1 Å². The summed E-state index contributed by atoms with van der Waals surface area (Å²) in [6.45, 7) is 0.0637. The number of carbonyl (C=O) groups excluding carboxylic acids is 3. The molecule has 1 N–H and O–H groups in total. The molecule has 1 saturated heterocycles. The van der Waals surface area contributed by atoms with Crippen molar-refractivity contribution in [2.75, 3.05) is 7.11 Å². The highest BCUT2D eigenvalue weighted by Crippen LogP contribution is 2.36. The Kier molecular flexibility index (Phi) is 6.96. The van der Waals surface area contributed by atoms with E-state index in [1.807, 2.05) is 24.3 Å². The van der Waals surface area contributed by atoms with Gasteiger partial charge in [0, 0.05) is 24.8 Å². The minimum atomic E-state index is -1.37. The molecule has 8 nitrogen and oxygen atoms in total. The van der Waals surface area contributed by atoms with E-state index in [1.54, 1.807) is 56.2 Å². The van der Waals surface area contributed by atoms with E-state index in [2.05, 4.69) is 15.3 Å². The van der Waals surface area contributed by atoms with Gasteiger partial charge in [0.15, 0.2) is 0 Å². The van der Waals surface area contributed by atoms with Crippen LogP contribution in [0.15, 0.2) is 73.3 Å². The van der Waals surface area contributed by atoms with Crippen LogP contribution in [0, 0.1) is 5.41 Å². The first-order valence-corrected chi connectivity index (χ1v) is 11.1. The highest BCUT2D eigenvalue weighted by molar-refractivity contribution is 6.19. The van der Waals surface area contributed by atoms with E-state index < -0.39 is 23.3 Å². The Morgan fingerprint density at radius 1 is 0.794 bits per heavy atom. The molecule has 3 aromatic rings. The lowest BCUT2D eigenvalue weighted by Crippen LogP contribution is -2.63. The minimum absolute atomic E-state index is 0.0637. The lowest BCUT2D eigenvalue weighted by Gasteiger charge is -2.39. The van der Waals surface area contributed by atoms with Crippen molar-refractivity contribution in [3.63, 3.8) is 0 Å². The number of nitrogens with one attached hydrogen (secondary N) is 1. The van der Waals surface area contributed by atoms with Crippen LogP contribution in [-0.2, 0) is 29.0 Å². The van der Waals surface area contributed by atoms with Crippen LogP contribution >= 0.6 is 0 Å². The van der Waals surface area contributed by atoms with Crippen LogP contribution in [0.25, 0.3) is 0 Å². The van der Waals surface area contributed by atoms with Crippen LogP contribution in [0.2, 0.25) is 0 Å². The highest BCUT2D eigenvalue weighted by atomic mass is 16.5. The number of methoxy groups -OCH3 is 1. The maximum Gasteiger partial charge on any atom is 0.331 e. The van der Waals surface area contributed by atoms with Crippen LogP contribution in [0.3, 0.4) is 0 Å². The first-order chi connectivity index (χ1) is 16.5. The summed E-state index contributed by atoms with van der Waals surface area (Å²) in [4.78, 5) is 49.0. The molecule has 8 heteroatoms. The molecule has 4 rings (SSSR count). The van der Waals surface area contributed by atoms with Gasteiger partial charge in [0.25, 0.3) is 0 Å². The monoisotopic (exact) mass is 458 g/mol. The molecule has 3 heterocycles. The molecular weight excluding hydrogens is 432 g/mol. The van der Waals surface area contributed by atoms with Gasteiger partial charge in [-0.05, 0) is 78.8 Å². The van der Waals surface area contributed by atoms with Crippen LogP contribution in [0.1, 0.15) is 29.5 Å². The maximum absolute atomic E-state index is 13.8. The SMILES string of the molecule is COc1ccc(CN2C(=O)NC(=O)C(CCc3ccncc3)(CCc3ccncc3)C2=O)cc1. The summed E-state index contributed by atoms with van der Waals surface area (Å²) in [6, 6.07) is 13.9. The number of hydrogen-bond donors (Lipinski definition) is 1. The fourth-order valence-corrected chi connectivity index (χ4v) is 4.17. The Bertz CT molecular complexity index is 1110. The number of ether oxygens (including phenoxy) is 1. The molecule has 4 amide bonds. The number of aryl methyl sites for hydroxylation is 2. The number of amides is 4. The number of carbonyl (C=O) groups is 3. The summed E-state index contributed by atoms with van der Waals surface area (Å²) in [5.41, 5.74) is 1.33. The third kappa shape index (κ3) is 4.96. The van der Waals surface area contributed by atoms with Crippen molar-refractivity contribution in [1.29, 1.82) is 0 Å². The van der Waals surface area contributed by atoms with Crippen molar-refractivity contribution in [1.82, 2.24) is 20.2 Å². The molecule has 0 saturated carbocycles. The number of nitrogens with zero attached hydrogens (tertiary/aromatic N) is 3. The van der Waals surface area contributed by atoms with Crippen molar-refractivity contribution in [2.45, 2.75) is 32.2 Å². The number of rotatable bonds is 9. The predicted octanol–water partition coefficient (Wildman–Crippen LogP) is 3.32. The standard InChI is InChI=1S/C26H26N4O4/c1-34-22-4-2-21(3-5-22)18-30-24(32)26(23(31)29-25(30)33,12-6-19-8-14-27-15-9-19)13-7-20-10-16-28-17-11-20/h2-5,8-11,14-17H,6-7,12-13,18H2,1H3,(H,29,31,33). The zero-order chi connectivity index (χ0) is 24.0. The van der Waals surface area contributed by atoms with Crippen LogP contribution < -0.4 is 10.1 Å². The van der Waals surface area contributed by atoms with E-state index in [0.29, 0.717) is 18.6 Å². The maximum atomic E-state index is 13.8. The molecule has 0 radical (unpaired) electrons.